The fourth-order valence-electron chi connectivity index (χ4n) is 5.49. The number of hydrogen-bond acceptors (Lipinski definition) is 4. The third-order valence-electron chi connectivity index (χ3n) is 7.03. The van der Waals surface area contributed by atoms with Crippen LogP contribution in [-0.4, -0.2) is 16.8 Å². The Hall–Kier alpha value is -4.02. The van der Waals surface area contributed by atoms with Crippen molar-refractivity contribution in [2.45, 2.75) is 25.3 Å². The summed E-state index contributed by atoms with van der Waals surface area (Å²) in [5.74, 6) is 2.06. The molecule has 0 saturated carbocycles. The molecule has 4 nitrogen and oxygen atoms in total. The number of rotatable bonds is 5. The Morgan fingerprint density at radius 3 is 1.83 bits per heavy atom. The van der Waals surface area contributed by atoms with Crippen LogP contribution in [0.3, 0.4) is 0 Å². The quantitative estimate of drug-likeness (QED) is 0.242. The van der Waals surface area contributed by atoms with E-state index in [0.29, 0.717) is 0 Å². The van der Waals surface area contributed by atoms with Crippen molar-refractivity contribution in [1.29, 1.82) is 0 Å². The molecular formula is C31H27NO3. The molecule has 35 heavy (non-hydrogen) atoms. The summed E-state index contributed by atoms with van der Waals surface area (Å²) in [4.78, 5) is 0. The van der Waals surface area contributed by atoms with Gasteiger partial charge < -0.3 is 14.9 Å². The number of nitrogens with one attached hydrogen (secondary N) is 1. The molecule has 0 unspecified atom stereocenters. The minimum absolute atomic E-state index is 0.236. The van der Waals surface area contributed by atoms with Crippen LogP contribution < -0.4 is 10.1 Å². The number of phenols is 2. The zero-order chi connectivity index (χ0) is 24.0. The highest BCUT2D eigenvalue weighted by atomic mass is 16.5. The van der Waals surface area contributed by atoms with Gasteiger partial charge in [-0.15, -0.1) is 0 Å². The number of fused-ring (bicyclic) bond motifs is 6. The molecule has 6 rings (SSSR count). The first-order chi connectivity index (χ1) is 17.1. The van der Waals surface area contributed by atoms with Gasteiger partial charge in [-0.3, -0.25) is 5.32 Å². The molecule has 0 amide bonds. The van der Waals surface area contributed by atoms with Gasteiger partial charge in [-0.2, -0.15) is 0 Å². The number of unbranched alkanes of at least 4 members (excludes halogenated alkanes) is 1. The van der Waals surface area contributed by atoms with Crippen molar-refractivity contribution in [3.63, 3.8) is 0 Å². The summed E-state index contributed by atoms with van der Waals surface area (Å²) in [7, 11) is 0. The average Bonchev–Trinajstić information content (AvgIpc) is 2.88. The molecule has 5 aromatic carbocycles. The Labute approximate surface area is 204 Å². The maximum absolute atomic E-state index is 10.2. The van der Waals surface area contributed by atoms with Crippen LogP contribution in [0, 0.1) is 0 Å². The molecule has 174 valence electrons. The lowest BCUT2D eigenvalue weighted by Gasteiger charge is -2.43. The van der Waals surface area contributed by atoms with Gasteiger partial charge >= 0.3 is 0 Å². The molecule has 0 aliphatic carbocycles. The van der Waals surface area contributed by atoms with E-state index < -0.39 is 5.54 Å². The summed E-state index contributed by atoms with van der Waals surface area (Å²) < 4.78 is 6.57. The molecule has 0 bridgehead atoms. The molecule has 5 aromatic rings. The first-order valence-corrected chi connectivity index (χ1v) is 12.1. The van der Waals surface area contributed by atoms with Crippen LogP contribution in [0.15, 0.2) is 91.0 Å². The molecule has 0 saturated heterocycles. The molecule has 3 N–H and O–H groups in total. The van der Waals surface area contributed by atoms with Crippen LogP contribution in [0.1, 0.15) is 36.5 Å². The first-order valence-electron chi connectivity index (χ1n) is 12.1. The molecule has 0 radical (unpaired) electrons. The van der Waals surface area contributed by atoms with Gasteiger partial charge in [0.25, 0.3) is 0 Å². The number of ether oxygens (including phenoxy) is 1. The topological polar surface area (TPSA) is 61.7 Å². The second kappa shape index (κ2) is 8.33. The maximum atomic E-state index is 10.2. The van der Waals surface area contributed by atoms with Crippen LogP contribution in [-0.2, 0) is 5.54 Å². The minimum atomic E-state index is -0.702. The fraction of sp³-hybridized carbons (Fsp3) is 0.161. The van der Waals surface area contributed by atoms with E-state index in [1.165, 1.54) is 0 Å². The van der Waals surface area contributed by atoms with E-state index in [0.717, 1.165) is 69.1 Å². The predicted octanol–water partition coefficient (Wildman–Crippen LogP) is 7.19. The van der Waals surface area contributed by atoms with Gasteiger partial charge in [0.05, 0.1) is 0 Å². The van der Waals surface area contributed by atoms with E-state index in [-0.39, 0.29) is 11.5 Å². The summed E-state index contributed by atoms with van der Waals surface area (Å²) in [5, 5.41) is 28.3. The average molecular weight is 462 g/mol. The summed E-state index contributed by atoms with van der Waals surface area (Å²) in [5.41, 5.74) is 2.48. The molecule has 0 spiro atoms. The van der Waals surface area contributed by atoms with E-state index in [1.807, 2.05) is 42.5 Å². The fourth-order valence-corrected chi connectivity index (χ4v) is 5.49. The smallest absolute Gasteiger partial charge is 0.133 e. The summed E-state index contributed by atoms with van der Waals surface area (Å²) >= 11 is 0. The third-order valence-corrected chi connectivity index (χ3v) is 7.03. The molecule has 1 aliphatic heterocycles. The van der Waals surface area contributed by atoms with Crippen LogP contribution in [0.4, 0.5) is 0 Å². The van der Waals surface area contributed by atoms with Crippen molar-refractivity contribution in [1.82, 2.24) is 5.32 Å². The Morgan fingerprint density at radius 2 is 1.29 bits per heavy atom. The lowest BCUT2D eigenvalue weighted by Crippen LogP contribution is -2.47. The highest BCUT2D eigenvalue weighted by Gasteiger charge is 2.45. The van der Waals surface area contributed by atoms with Gasteiger partial charge in [0, 0.05) is 11.1 Å². The highest BCUT2D eigenvalue weighted by molar-refractivity contribution is 5.97. The summed E-state index contributed by atoms with van der Waals surface area (Å²) in [6.07, 6.45) is 2.10. The number of benzene rings is 5. The van der Waals surface area contributed by atoms with E-state index in [1.54, 1.807) is 24.3 Å². The van der Waals surface area contributed by atoms with Gasteiger partial charge in [-0.05, 0) is 76.5 Å². The van der Waals surface area contributed by atoms with E-state index in [4.69, 9.17) is 4.74 Å². The Bertz CT molecular complexity index is 1470. The van der Waals surface area contributed by atoms with Crippen molar-refractivity contribution in [2.75, 3.05) is 6.54 Å². The van der Waals surface area contributed by atoms with Gasteiger partial charge in [-0.25, -0.2) is 0 Å². The zero-order valence-electron chi connectivity index (χ0n) is 19.6. The number of aromatic hydroxyl groups is 2. The zero-order valence-corrected chi connectivity index (χ0v) is 19.6. The highest BCUT2D eigenvalue weighted by Crippen LogP contribution is 2.55. The van der Waals surface area contributed by atoms with Gasteiger partial charge in [0.15, 0.2) is 0 Å². The third kappa shape index (κ3) is 3.33. The standard InChI is InChI=1S/C31H27NO3/c1-2-3-17-32-31(22-7-5-4-6-8-22)29-25-13-11-23(33)18-20(25)9-15-27(29)35-28-16-10-21-19-24(34)12-14-26(21)30(28)31/h4-16,18-19,32-34H,2-3,17H2,1H3. The molecule has 0 fully saturated rings. The van der Waals surface area contributed by atoms with Gasteiger partial charge in [-0.1, -0.05) is 67.9 Å². The number of hydrogen-bond donors (Lipinski definition) is 3. The van der Waals surface area contributed by atoms with Crippen molar-refractivity contribution < 1.29 is 14.9 Å². The van der Waals surface area contributed by atoms with E-state index >= 15 is 0 Å². The summed E-state index contributed by atoms with van der Waals surface area (Å²) in [6.45, 7) is 3.01. The molecular weight excluding hydrogens is 434 g/mol. The van der Waals surface area contributed by atoms with Crippen LogP contribution in [0.25, 0.3) is 21.5 Å². The SMILES string of the molecule is CCCCNC1(c2ccccc2)c2c(ccc3cc(O)ccc23)Oc2ccc3cc(O)ccc3c21. The molecule has 4 heteroatoms. The molecule has 0 aromatic heterocycles. The Kier molecular flexibility index (Phi) is 5.12. The molecule has 1 aliphatic rings. The van der Waals surface area contributed by atoms with E-state index in [9.17, 15) is 10.2 Å². The Morgan fingerprint density at radius 1 is 0.714 bits per heavy atom. The maximum Gasteiger partial charge on any atom is 0.133 e. The molecule has 0 atom stereocenters. The monoisotopic (exact) mass is 461 g/mol. The lowest BCUT2D eigenvalue weighted by atomic mass is 9.71. The second-order valence-corrected chi connectivity index (χ2v) is 9.19. The van der Waals surface area contributed by atoms with E-state index in [2.05, 4.69) is 36.5 Å². The van der Waals surface area contributed by atoms with Crippen LogP contribution >= 0.6 is 0 Å². The van der Waals surface area contributed by atoms with Crippen LogP contribution in [0.5, 0.6) is 23.0 Å². The predicted molar refractivity (Wildman–Crippen MR) is 141 cm³/mol. The molecule has 1 heterocycles. The van der Waals surface area contributed by atoms with Crippen LogP contribution in [0.2, 0.25) is 0 Å². The summed E-state index contributed by atoms with van der Waals surface area (Å²) in [6, 6.07) is 29.5. The minimum Gasteiger partial charge on any atom is -0.508 e. The van der Waals surface area contributed by atoms with Gasteiger partial charge in [0.1, 0.15) is 28.5 Å². The van der Waals surface area contributed by atoms with Crippen molar-refractivity contribution in [2.24, 2.45) is 0 Å². The van der Waals surface area contributed by atoms with Crippen molar-refractivity contribution in [3.05, 3.63) is 108 Å². The first kappa shape index (κ1) is 21.5. The second-order valence-electron chi connectivity index (χ2n) is 9.19. The lowest BCUT2D eigenvalue weighted by molar-refractivity contribution is 0.382. The van der Waals surface area contributed by atoms with Crippen molar-refractivity contribution in [3.8, 4) is 23.0 Å². The van der Waals surface area contributed by atoms with Gasteiger partial charge in [0.2, 0.25) is 0 Å². The largest absolute Gasteiger partial charge is 0.508 e. The normalized spacial score (nSPS) is 13.9. The Balaban J connectivity index is 1.79. The van der Waals surface area contributed by atoms with Crippen molar-refractivity contribution >= 4 is 21.5 Å². The number of phenolic OH excluding ortho intramolecular Hbond substituents is 2.